The minimum atomic E-state index is -0.541. The molecule has 6 rings (SSSR count). The van der Waals surface area contributed by atoms with E-state index in [1.807, 2.05) is 19.1 Å². The zero-order chi connectivity index (χ0) is 27.0. The van der Waals surface area contributed by atoms with Crippen molar-refractivity contribution >= 4 is 33.9 Å². The molecule has 3 aliphatic rings. The molecule has 3 aliphatic heterocycles. The number of fused-ring (bicyclic) bond motifs is 1. The highest BCUT2D eigenvalue weighted by molar-refractivity contribution is 6.05. The van der Waals surface area contributed by atoms with Crippen molar-refractivity contribution in [2.24, 2.45) is 17.1 Å². The van der Waals surface area contributed by atoms with E-state index >= 15 is 0 Å². The van der Waals surface area contributed by atoms with Crippen LogP contribution < -0.4 is 20.9 Å². The Kier molecular flexibility index (Phi) is 7.14. The van der Waals surface area contributed by atoms with Crippen molar-refractivity contribution in [1.82, 2.24) is 9.97 Å². The van der Waals surface area contributed by atoms with Crippen molar-refractivity contribution in [1.29, 1.82) is 0 Å². The molecule has 206 valence electrons. The van der Waals surface area contributed by atoms with Crippen LogP contribution in [0.2, 0.25) is 0 Å². The fraction of sp³-hybridized carbons (Fsp3) is 0.500. The van der Waals surface area contributed by atoms with E-state index in [-0.39, 0.29) is 17.9 Å². The Hall–Kier alpha value is -3.27. The van der Waals surface area contributed by atoms with E-state index in [2.05, 4.69) is 38.3 Å². The van der Waals surface area contributed by atoms with Crippen LogP contribution in [0.15, 0.2) is 48.8 Å². The zero-order valence-corrected chi connectivity index (χ0v) is 22.6. The predicted octanol–water partition coefficient (Wildman–Crippen LogP) is 3.42. The van der Waals surface area contributed by atoms with E-state index in [9.17, 15) is 9.90 Å². The van der Waals surface area contributed by atoms with Crippen LogP contribution in [-0.2, 0) is 4.74 Å². The summed E-state index contributed by atoms with van der Waals surface area (Å²) in [5.41, 5.74) is 10.4. The Balaban J connectivity index is 1.18. The molecule has 9 heteroatoms. The van der Waals surface area contributed by atoms with E-state index in [0.717, 1.165) is 48.6 Å². The number of nitrogens with one attached hydrogen (secondary N) is 1. The number of nitrogens with two attached hydrogens (primary N) is 1. The number of hydrogen-bond donors (Lipinski definition) is 3. The summed E-state index contributed by atoms with van der Waals surface area (Å²) < 4.78 is 5.60. The number of pyridine rings is 2. The maximum Gasteiger partial charge on any atom is 0.274 e. The Morgan fingerprint density at radius 3 is 2.62 bits per heavy atom. The predicted molar refractivity (Wildman–Crippen MR) is 153 cm³/mol. The van der Waals surface area contributed by atoms with E-state index in [4.69, 9.17) is 15.5 Å². The topological polar surface area (TPSA) is 117 Å². The third kappa shape index (κ3) is 5.31. The van der Waals surface area contributed by atoms with E-state index < -0.39 is 6.10 Å². The minimum absolute atomic E-state index is 0.0175. The first-order chi connectivity index (χ1) is 18.9. The van der Waals surface area contributed by atoms with Crippen molar-refractivity contribution in [2.75, 3.05) is 54.5 Å². The number of rotatable bonds is 4. The van der Waals surface area contributed by atoms with Crippen molar-refractivity contribution in [2.45, 2.75) is 44.8 Å². The van der Waals surface area contributed by atoms with Gasteiger partial charge in [0.15, 0.2) is 0 Å². The SMILES string of the molecule is CC1CN(c2ccncc2NC(=O)c2ccc3ccc(N4CCC5(CCOCC5)CC4)cc3n2)CC(N)C1O. The van der Waals surface area contributed by atoms with Crippen LogP contribution in [0.1, 0.15) is 43.1 Å². The normalized spacial score (nSPS) is 25.2. The van der Waals surface area contributed by atoms with Gasteiger partial charge in [-0.3, -0.25) is 9.78 Å². The number of amides is 1. The number of benzene rings is 1. The van der Waals surface area contributed by atoms with Crippen LogP contribution in [0.3, 0.4) is 0 Å². The van der Waals surface area contributed by atoms with E-state index in [1.54, 1.807) is 18.5 Å². The standard InChI is InChI=1S/C30H38N6O3/c1-20-18-36(19-23(31)28(20)37)27-6-11-32-17-26(27)34-29(38)24-5-3-21-2-4-22(16-25(21)33-24)35-12-7-30(8-13-35)9-14-39-15-10-30/h2-6,11,16-17,20,23,28,37H,7-10,12-15,18-19,31H2,1H3,(H,34,38). The number of aliphatic hydroxyl groups is 1. The summed E-state index contributed by atoms with van der Waals surface area (Å²) >= 11 is 0. The minimum Gasteiger partial charge on any atom is -0.391 e. The van der Waals surface area contributed by atoms with Gasteiger partial charge in [-0.1, -0.05) is 19.1 Å². The molecule has 2 aromatic heterocycles. The van der Waals surface area contributed by atoms with Crippen LogP contribution in [0, 0.1) is 11.3 Å². The molecule has 39 heavy (non-hydrogen) atoms. The molecule has 3 unspecified atom stereocenters. The van der Waals surface area contributed by atoms with Gasteiger partial charge in [0.05, 0.1) is 29.2 Å². The largest absolute Gasteiger partial charge is 0.391 e. The molecule has 3 fully saturated rings. The van der Waals surface area contributed by atoms with Gasteiger partial charge in [-0.25, -0.2) is 4.98 Å². The Morgan fingerprint density at radius 2 is 1.85 bits per heavy atom. The van der Waals surface area contributed by atoms with Crippen LogP contribution in [0.5, 0.6) is 0 Å². The van der Waals surface area contributed by atoms with Gasteiger partial charge in [-0.2, -0.15) is 0 Å². The number of carbonyl (C=O) groups excluding carboxylic acids is 1. The first kappa shape index (κ1) is 26.0. The summed E-state index contributed by atoms with van der Waals surface area (Å²) in [6.07, 6.45) is 7.53. The summed E-state index contributed by atoms with van der Waals surface area (Å²) in [6.45, 7) is 6.97. The first-order valence-corrected chi connectivity index (χ1v) is 14.1. The summed E-state index contributed by atoms with van der Waals surface area (Å²) in [7, 11) is 0. The first-order valence-electron chi connectivity index (χ1n) is 14.1. The number of carbonyl (C=O) groups is 1. The molecule has 1 spiro atoms. The molecule has 0 radical (unpaired) electrons. The number of aromatic nitrogens is 2. The Bertz CT molecular complexity index is 1320. The monoisotopic (exact) mass is 530 g/mol. The highest BCUT2D eigenvalue weighted by Gasteiger charge is 2.36. The van der Waals surface area contributed by atoms with Gasteiger partial charge < -0.3 is 30.7 Å². The molecular weight excluding hydrogens is 492 g/mol. The van der Waals surface area contributed by atoms with Gasteiger partial charge in [0, 0.05) is 68.6 Å². The van der Waals surface area contributed by atoms with Crippen LogP contribution >= 0.6 is 0 Å². The third-order valence-electron chi connectivity index (χ3n) is 9.00. The molecule has 0 aliphatic carbocycles. The summed E-state index contributed by atoms with van der Waals surface area (Å²) in [5.74, 6) is -0.269. The number of nitrogens with zero attached hydrogens (tertiary/aromatic N) is 4. The van der Waals surface area contributed by atoms with Gasteiger partial charge in [0.1, 0.15) is 5.69 Å². The lowest BCUT2D eigenvalue weighted by Crippen LogP contribution is -2.55. The molecule has 9 nitrogen and oxygen atoms in total. The second kappa shape index (κ2) is 10.7. The number of ether oxygens (including phenoxy) is 1. The maximum atomic E-state index is 13.3. The van der Waals surface area contributed by atoms with Crippen molar-refractivity contribution in [3.05, 3.63) is 54.5 Å². The fourth-order valence-electron chi connectivity index (χ4n) is 6.43. The lowest BCUT2D eigenvalue weighted by Gasteiger charge is -2.44. The lowest BCUT2D eigenvalue weighted by molar-refractivity contribution is 0.00212. The van der Waals surface area contributed by atoms with Crippen molar-refractivity contribution in [3.8, 4) is 0 Å². The second-order valence-electron chi connectivity index (χ2n) is 11.6. The second-order valence-corrected chi connectivity index (χ2v) is 11.6. The number of piperidine rings is 2. The van der Waals surface area contributed by atoms with Gasteiger partial charge in [0.2, 0.25) is 0 Å². The van der Waals surface area contributed by atoms with Crippen molar-refractivity contribution in [3.63, 3.8) is 0 Å². The highest BCUT2D eigenvalue weighted by atomic mass is 16.5. The molecule has 3 saturated heterocycles. The van der Waals surface area contributed by atoms with Gasteiger partial charge in [0.25, 0.3) is 5.91 Å². The summed E-state index contributed by atoms with van der Waals surface area (Å²) in [5, 5.41) is 14.3. The quantitative estimate of drug-likeness (QED) is 0.470. The number of anilines is 3. The molecule has 5 heterocycles. The van der Waals surface area contributed by atoms with Crippen LogP contribution in [-0.4, -0.2) is 72.5 Å². The number of hydrogen-bond acceptors (Lipinski definition) is 8. The molecule has 4 N–H and O–H groups in total. The molecular formula is C30H38N6O3. The van der Waals surface area contributed by atoms with Gasteiger partial charge in [-0.15, -0.1) is 0 Å². The zero-order valence-electron chi connectivity index (χ0n) is 22.6. The molecule has 1 amide bonds. The smallest absolute Gasteiger partial charge is 0.274 e. The summed E-state index contributed by atoms with van der Waals surface area (Å²) in [6, 6.07) is 11.6. The maximum absolute atomic E-state index is 13.3. The molecule has 0 saturated carbocycles. The molecule has 3 aromatic rings. The van der Waals surface area contributed by atoms with E-state index in [1.165, 1.54) is 25.7 Å². The van der Waals surface area contributed by atoms with Gasteiger partial charge in [-0.05, 0) is 55.4 Å². The number of aliphatic hydroxyl groups excluding tert-OH is 1. The average Bonchev–Trinajstić information content (AvgIpc) is 2.96. The van der Waals surface area contributed by atoms with E-state index in [0.29, 0.717) is 29.9 Å². The van der Waals surface area contributed by atoms with Gasteiger partial charge >= 0.3 is 0 Å². The Labute approximate surface area is 229 Å². The summed E-state index contributed by atoms with van der Waals surface area (Å²) in [4.78, 5) is 26.8. The lowest BCUT2D eigenvalue weighted by atomic mass is 9.72. The molecule has 1 aromatic carbocycles. The van der Waals surface area contributed by atoms with Crippen molar-refractivity contribution < 1.29 is 14.6 Å². The third-order valence-corrected chi connectivity index (χ3v) is 9.00. The Morgan fingerprint density at radius 1 is 1.08 bits per heavy atom. The molecule has 3 atom stereocenters. The highest BCUT2D eigenvalue weighted by Crippen LogP contribution is 2.41. The fourth-order valence-corrected chi connectivity index (χ4v) is 6.43. The average molecular weight is 531 g/mol. The van der Waals surface area contributed by atoms with Crippen LogP contribution in [0.4, 0.5) is 17.1 Å². The molecule has 0 bridgehead atoms. The van der Waals surface area contributed by atoms with Crippen LogP contribution in [0.25, 0.3) is 10.9 Å².